The van der Waals surface area contributed by atoms with Gasteiger partial charge in [-0.2, -0.15) is 4.31 Å². The Hall–Kier alpha value is -0.690. The van der Waals surface area contributed by atoms with E-state index in [1.807, 2.05) is 0 Å². The molecule has 21 heavy (non-hydrogen) atoms. The van der Waals surface area contributed by atoms with Crippen LogP contribution in [0.25, 0.3) is 0 Å². The van der Waals surface area contributed by atoms with E-state index in [-0.39, 0.29) is 10.8 Å². The van der Waals surface area contributed by atoms with Crippen LogP contribution in [0.15, 0.2) is 23.1 Å². The molecule has 0 atom stereocenters. The summed E-state index contributed by atoms with van der Waals surface area (Å²) < 4.78 is 40.4. The van der Waals surface area contributed by atoms with E-state index in [1.165, 1.54) is 16.4 Å². The van der Waals surface area contributed by atoms with Crippen molar-refractivity contribution in [3.05, 3.63) is 29.6 Å². The highest BCUT2D eigenvalue weighted by molar-refractivity contribution is 7.89. The van der Waals surface area contributed by atoms with Gasteiger partial charge >= 0.3 is 0 Å². The second kappa shape index (κ2) is 7.05. The van der Waals surface area contributed by atoms with Crippen LogP contribution in [0.3, 0.4) is 0 Å². The molecule has 0 N–H and O–H groups in total. The molecule has 0 unspecified atom stereocenters. The lowest BCUT2D eigenvalue weighted by molar-refractivity contribution is 0.188. The van der Waals surface area contributed by atoms with Crippen LogP contribution in [0.1, 0.15) is 18.9 Å². The number of sulfonamides is 1. The van der Waals surface area contributed by atoms with Crippen LogP contribution in [-0.4, -0.2) is 50.3 Å². The summed E-state index contributed by atoms with van der Waals surface area (Å²) in [7, 11) is -3.77. The molecule has 0 saturated carbocycles. The molecule has 1 aliphatic heterocycles. The summed E-state index contributed by atoms with van der Waals surface area (Å²) in [5.41, 5.74) is 0.570. The van der Waals surface area contributed by atoms with Gasteiger partial charge in [-0.05, 0) is 30.7 Å². The quantitative estimate of drug-likeness (QED) is 0.776. The Morgan fingerprint density at radius 2 is 1.90 bits per heavy atom. The molecule has 1 aliphatic rings. The molecule has 1 fully saturated rings. The molecule has 1 aromatic carbocycles. The highest BCUT2D eigenvalue weighted by Crippen LogP contribution is 2.22. The number of halogens is 2. The molecule has 7 heteroatoms. The van der Waals surface area contributed by atoms with Gasteiger partial charge in [0, 0.05) is 32.1 Å². The lowest BCUT2D eigenvalue weighted by Crippen LogP contribution is -2.48. The van der Waals surface area contributed by atoms with Gasteiger partial charge in [-0.1, -0.05) is 13.0 Å². The molecule has 0 aromatic heterocycles. The number of benzene rings is 1. The summed E-state index contributed by atoms with van der Waals surface area (Å²) in [4.78, 5) is 1.96. The highest BCUT2D eigenvalue weighted by Gasteiger charge is 2.30. The summed E-state index contributed by atoms with van der Waals surface area (Å²) in [6.45, 7) is 5.24. The summed E-state index contributed by atoms with van der Waals surface area (Å²) in [5.74, 6) is -0.573. The maximum absolute atomic E-state index is 14.0. The van der Waals surface area contributed by atoms with Crippen molar-refractivity contribution in [3.63, 3.8) is 0 Å². The van der Waals surface area contributed by atoms with Crippen molar-refractivity contribution in [1.29, 1.82) is 0 Å². The first-order chi connectivity index (χ1) is 9.98. The minimum atomic E-state index is -3.77. The van der Waals surface area contributed by atoms with Gasteiger partial charge in [0.05, 0.1) is 0 Å². The largest absolute Gasteiger partial charge is 0.301 e. The van der Waals surface area contributed by atoms with Crippen molar-refractivity contribution in [2.24, 2.45) is 0 Å². The lowest BCUT2D eigenvalue weighted by atomic mass is 10.2. The fraction of sp³-hybridized carbons (Fsp3) is 0.571. The Morgan fingerprint density at radius 3 is 2.43 bits per heavy atom. The zero-order valence-corrected chi connectivity index (χ0v) is 13.6. The number of piperazine rings is 1. The van der Waals surface area contributed by atoms with E-state index in [9.17, 15) is 12.8 Å². The second-order valence-corrected chi connectivity index (χ2v) is 7.32. The molecule has 1 heterocycles. The normalized spacial score (nSPS) is 18.0. The highest BCUT2D eigenvalue weighted by atomic mass is 35.5. The van der Waals surface area contributed by atoms with E-state index < -0.39 is 15.8 Å². The Balaban J connectivity index is 2.16. The van der Waals surface area contributed by atoms with Crippen molar-refractivity contribution in [2.75, 3.05) is 32.7 Å². The van der Waals surface area contributed by atoms with Crippen molar-refractivity contribution in [3.8, 4) is 0 Å². The van der Waals surface area contributed by atoms with Gasteiger partial charge in [0.2, 0.25) is 10.0 Å². The van der Waals surface area contributed by atoms with Crippen LogP contribution in [0.5, 0.6) is 0 Å². The van der Waals surface area contributed by atoms with Crippen LogP contribution in [0.2, 0.25) is 0 Å². The van der Waals surface area contributed by atoms with Crippen LogP contribution in [0, 0.1) is 5.82 Å². The number of hydrogen-bond donors (Lipinski definition) is 0. The van der Waals surface area contributed by atoms with Crippen LogP contribution in [0.4, 0.5) is 4.39 Å². The minimum Gasteiger partial charge on any atom is -0.301 e. The van der Waals surface area contributed by atoms with Gasteiger partial charge in [-0.25, -0.2) is 12.8 Å². The van der Waals surface area contributed by atoms with Crippen molar-refractivity contribution >= 4 is 21.6 Å². The third kappa shape index (κ3) is 3.74. The number of rotatable bonds is 5. The van der Waals surface area contributed by atoms with E-state index in [4.69, 9.17) is 11.6 Å². The third-order valence-electron chi connectivity index (χ3n) is 3.64. The monoisotopic (exact) mass is 334 g/mol. The zero-order valence-electron chi connectivity index (χ0n) is 12.1. The molecule has 0 radical (unpaired) electrons. The molecule has 0 spiro atoms. The second-order valence-electron chi connectivity index (χ2n) is 5.14. The smallest absolute Gasteiger partial charge is 0.246 e. The first kappa shape index (κ1) is 16.7. The summed E-state index contributed by atoms with van der Waals surface area (Å²) in [6.07, 6.45) is 1.04. The molecule has 118 valence electrons. The van der Waals surface area contributed by atoms with Gasteiger partial charge in [0.15, 0.2) is 0 Å². The fourth-order valence-electron chi connectivity index (χ4n) is 2.49. The molecule has 1 aromatic rings. The molecule has 4 nitrogen and oxygen atoms in total. The maximum atomic E-state index is 14.0. The van der Waals surface area contributed by atoms with E-state index in [2.05, 4.69) is 11.8 Å². The average Bonchev–Trinajstić information content (AvgIpc) is 2.47. The van der Waals surface area contributed by atoms with Gasteiger partial charge in [0.1, 0.15) is 10.7 Å². The summed E-state index contributed by atoms with van der Waals surface area (Å²) in [5, 5.41) is 0. The Morgan fingerprint density at radius 1 is 1.24 bits per heavy atom. The Kier molecular flexibility index (Phi) is 5.60. The molecule has 2 rings (SSSR count). The minimum absolute atomic E-state index is 0.160. The molecule has 0 aliphatic carbocycles. The Labute approximate surface area is 130 Å². The van der Waals surface area contributed by atoms with Crippen LogP contribution in [-0.2, 0) is 15.9 Å². The molecule has 0 amide bonds. The van der Waals surface area contributed by atoms with Gasteiger partial charge < -0.3 is 4.90 Å². The molecular weight excluding hydrogens is 315 g/mol. The first-order valence-electron chi connectivity index (χ1n) is 7.06. The SMILES string of the molecule is CCCN1CCN(S(=O)(=O)c2ccc(CCl)cc2F)CC1. The number of nitrogens with zero attached hydrogens (tertiary/aromatic N) is 2. The third-order valence-corrected chi connectivity index (χ3v) is 5.88. The molecular formula is C14H20ClFN2O2S. The van der Waals surface area contributed by atoms with E-state index in [0.717, 1.165) is 13.0 Å². The molecule has 1 saturated heterocycles. The fourth-order valence-corrected chi connectivity index (χ4v) is 4.12. The summed E-state index contributed by atoms with van der Waals surface area (Å²) in [6, 6.07) is 4.05. The van der Waals surface area contributed by atoms with Crippen molar-refractivity contribution in [1.82, 2.24) is 9.21 Å². The number of hydrogen-bond acceptors (Lipinski definition) is 3. The van der Waals surface area contributed by atoms with Gasteiger partial charge in [-0.15, -0.1) is 11.6 Å². The lowest BCUT2D eigenvalue weighted by Gasteiger charge is -2.33. The topological polar surface area (TPSA) is 40.6 Å². The van der Waals surface area contributed by atoms with E-state index in [1.54, 1.807) is 6.07 Å². The average molecular weight is 335 g/mol. The van der Waals surface area contributed by atoms with Crippen LogP contribution < -0.4 is 0 Å². The number of alkyl halides is 1. The van der Waals surface area contributed by atoms with Gasteiger partial charge in [-0.3, -0.25) is 0 Å². The predicted molar refractivity (Wildman–Crippen MR) is 81.4 cm³/mol. The molecule has 0 bridgehead atoms. The maximum Gasteiger partial charge on any atom is 0.246 e. The Bertz CT molecular complexity index is 587. The van der Waals surface area contributed by atoms with Crippen molar-refractivity contribution in [2.45, 2.75) is 24.1 Å². The summed E-state index contributed by atoms with van der Waals surface area (Å²) >= 11 is 5.63. The standard InChI is InChI=1S/C14H20ClFN2O2S/c1-2-5-17-6-8-18(9-7-17)21(19,20)14-4-3-12(11-15)10-13(14)16/h3-4,10H,2,5-9,11H2,1H3. The van der Waals surface area contributed by atoms with Gasteiger partial charge in [0.25, 0.3) is 0 Å². The van der Waals surface area contributed by atoms with E-state index in [0.29, 0.717) is 31.7 Å². The predicted octanol–water partition coefficient (Wildman–Crippen LogP) is 2.28. The van der Waals surface area contributed by atoms with Crippen molar-refractivity contribution < 1.29 is 12.8 Å². The first-order valence-corrected chi connectivity index (χ1v) is 9.03. The van der Waals surface area contributed by atoms with Crippen LogP contribution >= 0.6 is 11.6 Å². The zero-order chi connectivity index (χ0) is 15.5. The van der Waals surface area contributed by atoms with E-state index >= 15 is 0 Å².